The lowest BCUT2D eigenvalue weighted by Crippen LogP contribution is -2.25. The second-order valence-corrected chi connectivity index (χ2v) is 3.54. The van der Waals surface area contributed by atoms with E-state index in [9.17, 15) is 9.59 Å². The highest BCUT2D eigenvalue weighted by Gasteiger charge is 2.09. The SMILES string of the molecule is CC(Nc1ccc(CC(N)=O)cc1)C(=O)O. The highest BCUT2D eigenvalue weighted by molar-refractivity contribution is 5.77. The molecule has 0 heterocycles. The molecule has 0 spiro atoms. The van der Waals surface area contributed by atoms with Gasteiger partial charge in [0.05, 0.1) is 6.42 Å². The molecule has 0 saturated heterocycles. The van der Waals surface area contributed by atoms with Crippen LogP contribution in [0.25, 0.3) is 0 Å². The predicted octanol–water partition coefficient (Wildman–Crippen LogP) is 0.599. The minimum Gasteiger partial charge on any atom is -0.480 e. The number of hydrogen-bond acceptors (Lipinski definition) is 3. The monoisotopic (exact) mass is 222 g/mol. The molecule has 5 nitrogen and oxygen atoms in total. The Morgan fingerprint density at radius 3 is 2.38 bits per heavy atom. The van der Waals surface area contributed by atoms with Gasteiger partial charge in [0.15, 0.2) is 0 Å². The summed E-state index contributed by atoms with van der Waals surface area (Å²) in [5.41, 5.74) is 6.55. The number of carbonyl (C=O) groups excluding carboxylic acids is 1. The summed E-state index contributed by atoms with van der Waals surface area (Å²) in [5.74, 6) is -1.30. The van der Waals surface area contributed by atoms with Gasteiger partial charge in [-0.15, -0.1) is 0 Å². The molecule has 1 aromatic rings. The van der Waals surface area contributed by atoms with Gasteiger partial charge in [-0.3, -0.25) is 9.59 Å². The number of carboxylic acid groups (broad SMARTS) is 1. The third-order valence-electron chi connectivity index (χ3n) is 2.09. The molecule has 4 N–H and O–H groups in total. The predicted molar refractivity (Wildman–Crippen MR) is 60.1 cm³/mol. The fraction of sp³-hybridized carbons (Fsp3) is 0.273. The molecule has 1 unspecified atom stereocenters. The van der Waals surface area contributed by atoms with Crippen molar-refractivity contribution in [2.75, 3.05) is 5.32 Å². The first-order chi connectivity index (χ1) is 7.49. The summed E-state index contributed by atoms with van der Waals surface area (Å²) in [7, 11) is 0. The third kappa shape index (κ3) is 3.61. The molecule has 1 aromatic carbocycles. The van der Waals surface area contributed by atoms with E-state index in [0.29, 0.717) is 5.69 Å². The van der Waals surface area contributed by atoms with Gasteiger partial charge < -0.3 is 16.2 Å². The van der Waals surface area contributed by atoms with Crippen LogP contribution in [0.3, 0.4) is 0 Å². The lowest BCUT2D eigenvalue weighted by atomic mass is 10.1. The van der Waals surface area contributed by atoms with Crippen molar-refractivity contribution in [2.45, 2.75) is 19.4 Å². The van der Waals surface area contributed by atoms with Crippen LogP contribution in [0.2, 0.25) is 0 Å². The topological polar surface area (TPSA) is 92.4 Å². The standard InChI is InChI=1S/C11H14N2O3/c1-7(11(15)16)13-9-4-2-8(3-5-9)6-10(12)14/h2-5,7,13H,6H2,1H3,(H2,12,14)(H,15,16). The molecule has 1 amide bonds. The summed E-state index contributed by atoms with van der Waals surface area (Å²) in [6.07, 6.45) is 0.189. The van der Waals surface area contributed by atoms with Crippen LogP contribution < -0.4 is 11.1 Å². The van der Waals surface area contributed by atoms with Crippen LogP contribution >= 0.6 is 0 Å². The molecule has 1 rings (SSSR count). The van der Waals surface area contributed by atoms with Gasteiger partial charge in [0.2, 0.25) is 5.91 Å². The minimum absolute atomic E-state index is 0.189. The third-order valence-corrected chi connectivity index (χ3v) is 2.09. The van der Waals surface area contributed by atoms with Gasteiger partial charge in [0.25, 0.3) is 0 Å². The van der Waals surface area contributed by atoms with Crippen molar-refractivity contribution in [1.82, 2.24) is 0 Å². The van der Waals surface area contributed by atoms with E-state index in [0.717, 1.165) is 5.56 Å². The zero-order valence-corrected chi connectivity index (χ0v) is 8.93. The Bertz CT molecular complexity index is 387. The van der Waals surface area contributed by atoms with Gasteiger partial charge in [0.1, 0.15) is 6.04 Å². The van der Waals surface area contributed by atoms with Gasteiger partial charge in [-0.25, -0.2) is 0 Å². The Kier molecular flexibility index (Phi) is 3.88. The number of anilines is 1. The molecule has 16 heavy (non-hydrogen) atoms. The lowest BCUT2D eigenvalue weighted by Gasteiger charge is -2.10. The number of hydrogen-bond donors (Lipinski definition) is 3. The van der Waals surface area contributed by atoms with Gasteiger partial charge in [-0.05, 0) is 24.6 Å². The van der Waals surface area contributed by atoms with E-state index < -0.39 is 12.0 Å². The maximum Gasteiger partial charge on any atom is 0.325 e. The summed E-state index contributed by atoms with van der Waals surface area (Å²) in [5, 5.41) is 11.5. The summed E-state index contributed by atoms with van der Waals surface area (Å²) in [6, 6.07) is 6.26. The fourth-order valence-electron chi connectivity index (χ4n) is 1.23. The molecule has 0 aliphatic heterocycles. The minimum atomic E-state index is -0.916. The van der Waals surface area contributed by atoms with Crippen LogP contribution in [-0.4, -0.2) is 23.0 Å². The summed E-state index contributed by atoms with van der Waals surface area (Å²) in [4.78, 5) is 21.2. The van der Waals surface area contributed by atoms with Crippen molar-refractivity contribution in [2.24, 2.45) is 5.73 Å². The molecule has 0 radical (unpaired) electrons. The molecule has 1 atom stereocenters. The second kappa shape index (κ2) is 5.16. The van der Waals surface area contributed by atoms with Gasteiger partial charge in [0, 0.05) is 5.69 Å². The first-order valence-electron chi connectivity index (χ1n) is 4.85. The van der Waals surface area contributed by atoms with E-state index in [1.165, 1.54) is 0 Å². The molecule has 0 bridgehead atoms. The smallest absolute Gasteiger partial charge is 0.325 e. The molecular formula is C11H14N2O3. The first-order valence-corrected chi connectivity index (χ1v) is 4.85. The number of nitrogens with two attached hydrogens (primary N) is 1. The molecule has 0 aliphatic carbocycles. The second-order valence-electron chi connectivity index (χ2n) is 3.54. The van der Waals surface area contributed by atoms with E-state index in [2.05, 4.69) is 5.32 Å². The van der Waals surface area contributed by atoms with Gasteiger partial charge in [-0.2, -0.15) is 0 Å². The summed E-state index contributed by atoms with van der Waals surface area (Å²) >= 11 is 0. The Labute approximate surface area is 93.3 Å². The average molecular weight is 222 g/mol. The van der Waals surface area contributed by atoms with E-state index in [1.54, 1.807) is 31.2 Å². The maximum atomic E-state index is 10.6. The molecule has 86 valence electrons. The number of primary amides is 1. The van der Waals surface area contributed by atoms with E-state index in [4.69, 9.17) is 10.8 Å². The van der Waals surface area contributed by atoms with Crippen molar-refractivity contribution in [3.8, 4) is 0 Å². The molecule has 0 aliphatic rings. The Hall–Kier alpha value is -2.04. The van der Waals surface area contributed by atoms with E-state index >= 15 is 0 Å². The first kappa shape index (κ1) is 12.0. The molecule has 5 heteroatoms. The number of nitrogens with one attached hydrogen (secondary N) is 1. The Morgan fingerprint density at radius 2 is 1.94 bits per heavy atom. The van der Waals surface area contributed by atoms with Gasteiger partial charge in [-0.1, -0.05) is 12.1 Å². The quantitative estimate of drug-likeness (QED) is 0.680. The molecule has 0 fully saturated rings. The largest absolute Gasteiger partial charge is 0.480 e. The zero-order chi connectivity index (χ0) is 12.1. The summed E-state index contributed by atoms with van der Waals surface area (Å²) in [6.45, 7) is 1.56. The Balaban J connectivity index is 2.64. The molecular weight excluding hydrogens is 208 g/mol. The fourth-order valence-corrected chi connectivity index (χ4v) is 1.23. The van der Waals surface area contributed by atoms with Crippen molar-refractivity contribution < 1.29 is 14.7 Å². The van der Waals surface area contributed by atoms with Crippen LogP contribution in [0.4, 0.5) is 5.69 Å². The molecule has 0 aromatic heterocycles. The van der Waals surface area contributed by atoms with Crippen molar-refractivity contribution in [3.05, 3.63) is 29.8 Å². The van der Waals surface area contributed by atoms with Gasteiger partial charge >= 0.3 is 5.97 Å². The number of amides is 1. The van der Waals surface area contributed by atoms with Crippen molar-refractivity contribution in [3.63, 3.8) is 0 Å². The lowest BCUT2D eigenvalue weighted by molar-refractivity contribution is -0.137. The van der Waals surface area contributed by atoms with Crippen LogP contribution in [-0.2, 0) is 16.0 Å². The van der Waals surface area contributed by atoms with Crippen LogP contribution in [0, 0.1) is 0 Å². The average Bonchev–Trinajstić information content (AvgIpc) is 2.20. The van der Waals surface area contributed by atoms with E-state index in [1.807, 2.05) is 0 Å². The highest BCUT2D eigenvalue weighted by Crippen LogP contribution is 2.11. The highest BCUT2D eigenvalue weighted by atomic mass is 16.4. The normalized spacial score (nSPS) is 11.8. The molecule has 0 saturated carbocycles. The zero-order valence-electron chi connectivity index (χ0n) is 8.93. The van der Waals surface area contributed by atoms with Crippen molar-refractivity contribution in [1.29, 1.82) is 0 Å². The van der Waals surface area contributed by atoms with Crippen LogP contribution in [0.1, 0.15) is 12.5 Å². The Morgan fingerprint density at radius 1 is 1.38 bits per heavy atom. The number of benzene rings is 1. The van der Waals surface area contributed by atoms with E-state index in [-0.39, 0.29) is 12.3 Å². The number of carboxylic acids is 1. The number of carbonyl (C=O) groups is 2. The summed E-state index contributed by atoms with van der Waals surface area (Å²) < 4.78 is 0. The number of aliphatic carboxylic acids is 1. The van der Waals surface area contributed by atoms with Crippen LogP contribution in [0.5, 0.6) is 0 Å². The van der Waals surface area contributed by atoms with Crippen molar-refractivity contribution >= 4 is 17.6 Å². The maximum absolute atomic E-state index is 10.6. The number of rotatable bonds is 5. The van der Waals surface area contributed by atoms with Crippen LogP contribution in [0.15, 0.2) is 24.3 Å².